The summed E-state index contributed by atoms with van der Waals surface area (Å²) in [6.07, 6.45) is 1.71. The highest BCUT2D eigenvalue weighted by atomic mass is 16.5. The van der Waals surface area contributed by atoms with Gasteiger partial charge in [0.05, 0.1) is 26.0 Å². The Labute approximate surface area is 167 Å². The van der Waals surface area contributed by atoms with Crippen LogP contribution in [0, 0.1) is 0 Å². The van der Waals surface area contributed by atoms with Crippen molar-refractivity contribution in [2.24, 2.45) is 4.99 Å². The first-order chi connectivity index (χ1) is 13.7. The van der Waals surface area contributed by atoms with Gasteiger partial charge in [-0.3, -0.25) is 9.89 Å². The highest BCUT2D eigenvalue weighted by Crippen LogP contribution is 2.30. The summed E-state index contributed by atoms with van der Waals surface area (Å²) in [5, 5.41) is 6.70. The molecule has 0 saturated heterocycles. The molecule has 0 aliphatic carbocycles. The Bertz CT molecular complexity index is 727. The van der Waals surface area contributed by atoms with Gasteiger partial charge < -0.3 is 24.5 Å². The fraction of sp³-hybridized carbons (Fsp3) is 0.476. The lowest BCUT2D eigenvalue weighted by molar-refractivity contribution is 0.193. The quantitative estimate of drug-likeness (QED) is 0.477. The smallest absolute Gasteiger partial charge is 0.195 e. The number of guanidine groups is 1. The number of rotatable bonds is 10. The first-order valence-corrected chi connectivity index (χ1v) is 9.72. The number of nitrogens with zero attached hydrogens (tertiary/aromatic N) is 2. The third-order valence-corrected chi connectivity index (χ3v) is 4.54. The minimum Gasteiger partial charge on any atom is -0.493 e. The average Bonchev–Trinajstić information content (AvgIpc) is 3.25. The molecule has 7 nitrogen and oxygen atoms in total. The minimum absolute atomic E-state index is 0.124. The molecule has 2 N–H and O–H groups in total. The van der Waals surface area contributed by atoms with Crippen molar-refractivity contribution >= 4 is 11.6 Å². The number of likely N-dealkylation sites (N-methyl/N-ethyl adjacent to an activating group) is 1. The van der Waals surface area contributed by atoms with E-state index in [1.54, 1.807) is 20.4 Å². The normalized spacial score (nSPS) is 12.7. The number of hydrogen-bond donors (Lipinski definition) is 2. The van der Waals surface area contributed by atoms with Gasteiger partial charge in [0.25, 0.3) is 0 Å². The first kappa shape index (κ1) is 21.6. The average molecular weight is 389 g/mol. The van der Waals surface area contributed by atoms with Crippen LogP contribution >= 0.6 is 0 Å². The van der Waals surface area contributed by atoms with Gasteiger partial charge in [0, 0.05) is 25.3 Å². The monoisotopic (exact) mass is 388 g/mol. The minimum atomic E-state index is 0.124. The molecule has 2 rings (SSSR count). The van der Waals surface area contributed by atoms with Crippen molar-refractivity contribution in [3.8, 4) is 11.5 Å². The van der Waals surface area contributed by atoms with Crippen molar-refractivity contribution in [1.82, 2.24) is 10.2 Å². The lowest BCUT2D eigenvalue weighted by Crippen LogP contribution is -2.40. The van der Waals surface area contributed by atoms with E-state index >= 15 is 0 Å². The Balaban J connectivity index is 2.07. The number of hydrogen-bond acceptors (Lipinski definition) is 5. The zero-order valence-corrected chi connectivity index (χ0v) is 17.5. The molecule has 7 heteroatoms. The highest BCUT2D eigenvalue weighted by molar-refractivity contribution is 5.93. The molecule has 0 amide bonds. The zero-order chi connectivity index (χ0) is 20.4. The molecular weight excluding hydrogens is 356 g/mol. The Morgan fingerprint density at radius 1 is 1.18 bits per heavy atom. The Hall–Kier alpha value is -2.67. The fourth-order valence-electron chi connectivity index (χ4n) is 3.08. The summed E-state index contributed by atoms with van der Waals surface area (Å²) < 4.78 is 16.6. The summed E-state index contributed by atoms with van der Waals surface area (Å²) in [6, 6.07) is 9.78. The number of aliphatic imine (C=N–C) groups is 1. The first-order valence-electron chi connectivity index (χ1n) is 9.72. The van der Waals surface area contributed by atoms with Gasteiger partial charge in [-0.25, -0.2) is 0 Å². The van der Waals surface area contributed by atoms with Crippen LogP contribution in [0.25, 0.3) is 0 Å². The van der Waals surface area contributed by atoms with Gasteiger partial charge in [0.15, 0.2) is 17.5 Å². The summed E-state index contributed by atoms with van der Waals surface area (Å²) in [6.45, 7) is 9.38. The Morgan fingerprint density at radius 2 is 1.96 bits per heavy atom. The van der Waals surface area contributed by atoms with Crippen molar-refractivity contribution < 1.29 is 13.9 Å². The molecule has 1 atom stereocenters. The second-order valence-electron chi connectivity index (χ2n) is 6.13. The molecule has 0 aliphatic heterocycles. The van der Waals surface area contributed by atoms with Crippen LogP contribution in [0.15, 0.2) is 46.0 Å². The maximum absolute atomic E-state index is 5.66. The van der Waals surface area contributed by atoms with E-state index in [0.29, 0.717) is 24.9 Å². The maximum atomic E-state index is 5.66. The molecule has 0 fully saturated rings. The van der Waals surface area contributed by atoms with Crippen LogP contribution in [0.1, 0.15) is 32.6 Å². The van der Waals surface area contributed by atoms with E-state index in [2.05, 4.69) is 34.4 Å². The van der Waals surface area contributed by atoms with Crippen LogP contribution < -0.4 is 20.1 Å². The molecule has 1 aromatic carbocycles. The molecule has 1 heterocycles. The molecule has 28 heavy (non-hydrogen) atoms. The molecule has 1 aromatic heterocycles. The standard InChI is InChI=1S/C21H32N4O3/c1-6-25(7-2)17(18-10-9-13-28-18)15-23-21(22-4)24-16-11-12-19(27-8-3)20(14-16)26-5/h9-14,17H,6-8,15H2,1-5H3,(H2,22,23,24). The van der Waals surface area contributed by atoms with Crippen molar-refractivity contribution in [2.75, 3.05) is 45.7 Å². The van der Waals surface area contributed by atoms with Crippen LogP contribution in [0.4, 0.5) is 5.69 Å². The second-order valence-corrected chi connectivity index (χ2v) is 6.13. The number of anilines is 1. The number of furan rings is 1. The van der Waals surface area contributed by atoms with Crippen LogP contribution in [-0.4, -0.2) is 51.3 Å². The molecule has 1 unspecified atom stereocenters. The predicted molar refractivity (Wildman–Crippen MR) is 114 cm³/mol. The Kier molecular flexibility index (Phi) is 8.68. The van der Waals surface area contributed by atoms with Gasteiger partial charge in [-0.15, -0.1) is 0 Å². The van der Waals surface area contributed by atoms with E-state index in [1.165, 1.54) is 0 Å². The fourth-order valence-corrected chi connectivity index (χ4v) is 3.08. The zero-order valence-electron chi connectivity index (χ0n) is 17.5. The second kappa shape index (κ2) is 11.2. The summed E-state index contributed by atoms with van der Waals surface area (Å²) in [5.74, 6) is 3.01. The van der Waals surface area contributed by atoms with Crippen LogP contribution in [0.2, 0.25) is 0 Å². The van der Waals surface area contributed by atoms with E-state index in [-0.39, 0.29) is 6.04 Å². The molecule has 0 bridgehead atoms. The molecule has 154 valence electrons. The summed E-state index contributed by atoms with van der Waals surface area (Å²) >= 11 is 0. The summed E-state index contributed by atoms with van der Waals surface area (Å²) in [7, 11) is 3.38. The highest BCUT2D eigenvalue weighted by Gasteiger charge is 2.21. The third kappa shape index (κ3) is 5.66. The summed E-state index contributed by atoms with van der Waals surface area (Å²) in [4.78, 5) is 6.68. The van der Waals surface area contributed by atoms with E-state index in [4.69, 9.17) is 13.9 Å². The topological polar surface area (TPSA) is 71.3 Å². The molecule has 0 spiro atoms. The van der Waals surface area contributed by atoms with Crippen LogP contribution in [0.5, 0.6) is 11.5 Å². The number of benzene rings is 1. The van der Waals surface area contributed by atoms with Gasteiger partial charge in [-0.1, -0.05) is 13.8 Å². The number of methoxy groups -OCH3 is 1. The largest absolute Gasteiger partial charge is 0.493 e. The number of ether oxygens (including phenoxy) is 2. The van der Waals surface area contributed by atoms with Gasteiger partial charge in [-0.2, -0.15) is 0 Å². The van der Waals surface area contributed by atoms with E-state index < -0.39 is 0 Å². The van der Waals surface area contributed by atoms with Crippen LogP contribution in [0.3, 0.4) is 0 Å². The van der Waals surface area contributed by atoms with Crippen molar-refractivity contribution in [1.29, 1.82) is 0 Å². The Morgan fingerprint density at radius 3 is 2.54 bits per heavy atom. The van der Waals surface area contributed by atoms with Gasteiger partial charge in [-0.05, 0) is 44.3 Å². The van der Waals surface area contributed by atoms with E-state index in [1.807, 2.05) is 37.3 Å². The summed E-state index contributed by atoms with van der Waals surface area (Å²) in [5.41, 5.74) is 0.866. The molecule has 0 aliphatic rings. The lowest BCUT2D eigenvalue weighted by Gasteiger charge is -2.28. The van der Waals surface area contributed by atoms with E-state index in [9.17, 15) is 0 Å². The predicted octanol–water partition coefficient (Wildman–Crippen LogP) is 3.76. The van der Waals surface area contributed by atoms with Crippen molar-refractivity contribution in [2.45, 2.75) is 26.8 Å². The molecule has 2 aromatic rings. The third-order valence-electron chi connectivity index (χ3n) is 4.54. The number of nitrogens with one attached hydrogen (secondary N) is 2. The maximum Gasteiger partial charge on any atom is 0.195 e. The molecule has 0 radical (unpaired) electrons. The van der Waals surface area contributed by atoms with E-state index in [0.717, 1.165) is 30.3 Å². The lowest BCUT2D eigenvalue weighted by atomic mass is 10.2. The van der Waals surface area contributed by atoms with Crippen molar-refractivity contribution in [3.05, 3.63) is 42.4 Å². The van der Waals surface area contributed by atoms with Crippen molar-refractivity contribution in [3.63, 3.8) is 0 Å². The van der Waals surface area contributed by atoms with Gasteiger partial charge in [0.2, 0.25) is 0 Å². The molecular formula is C21H32N4O3. The van der Waals surface area contributed by atoms with Gasteiger partial charge in [0.1, 0.15) is 5.76 Å². The molecule has 0 saturated carbocycles. The van der Waals surface area contributed by atoms with Crippen LogP contribution in [-0.2, 0) is 0 Å². The van der Waals surface area contributed by atoms with Gasteiger partial charge >= 0.3 is 0 Å². The SMILES string of the molecule is CCOc1ccc(NC(=NC)NCC(c2ccco2)N(CC)CC)cc1OC.